The lowest BCUT2D eigenvalue weighted by Gasteiger charge is -2.16. The Hall–Kier alpha value is -3.85. The second kappa shape index (κ2) is 13.0. The van der Waals surface area contributed by atoms with Gasteiger partial charge in [-0.25, -0.2) is 9.79 Å². The lowest BCUT2D eigenvalue weighted by atomic mass is 10.1. The molecule has 9 heteroatoms. The summed E-state index contributed by atoms with van der Waals surface area (Å²) in [6, 6.07) is 8.17. The van der Waals surface area contributed by atoms with Crippen LogP contribution in [-0.2, 0) is 19.1 Å². The highest BCUT2D eigenvalue weighted by molar-refractivity contribution is 5.89. The number of aliphatic hydroxyl groups is 3. The fourth-order valence-electron chi connectivity index (χ4n) is 2.91. The van der Waals surface area contributed by atoms with Crippen LogP contribution in [0.1, 0.15) is 18.4 Å². The lowest BCUT2D eigenvalue weighted by Crippen LogP contribution is -2.68. The molecule has 1 heterocycles. The molecule has 182 valence electrons. The van der Waals surface area contributed by atoms with Crippen LogP contribution in [0.3, 0.4) is 0 Å². The third-order valence-corrected chi connectivity index (χ3v) is 4.91. The number of esters is 2. The van der Waals surface area contributed by atoms with Crippen molar-refractivity contribution in [3.8, 4) is 0 Å². The maximum atomic E-state index is 11.8. The normalized spacial score (nSPS) is 17.3. The van der Waals surface area contributed by atoms with Gasteiger partial charge < -0.3 is 29.7 Å². The molecule has 9 nitrogen and oxygen atoms in total. The summed E-state index contributed by atoms with van der Waals surface area (Å²) in [6.07, 6.45) is 6.97. The van der Waals surface area contributed by atoms with Gasteiger partial charge in [-0.2, -0.15) is 0 Å². The van der Waals surface area contributed by atoms with E-state index in [2.05, 4.69) is 16.3 Å². The monoisotopic (exact) mass is 471 g/mol. The number of cyclic esters (lactones) is 1. The Labute approximate surface area is 198 Å². The minimum atomic E-state index is -1.48. The molecule has 34 heavy (non-hydrogen) atoms. The number of carbonyl (C=O) groups excluding carboxylic acids is 2. The molecule has 0 saturated carbocycles. The second-order valence-electron chi connectivity index (χ2n) is 7.72. The Kier molecular flexibility index (Phi) is 10.1. The second-order valence-corrected chi connectivity index (χ2v) is 7.72. The summed E-state index contributed by atoms with van der Waals surface area (Å²) in [7, 11) is 3.99. The van der Waals surface area contributed by atoms with Gasteiger partial charge >= 0.3 is 11.9 Å². The molecule has 1 aliphatic heterocycles. The Morgan fingerprint density at radius 3 is 2.59 bits per heavy atom. The smallest absolute Gasteiger partial charge is 0.377 e. The molecular formula is C25H31N2O7+. The van der Waals surface area contributed by atoms with Gasteiger partial charge in [0.2, 0.25) is 5.76 Å². The Bertz CT molecular complexity index is 991. The van der Waals surface area contributed by atoms with Gasteiger partial charge in [-0.05, 0) is 23.3 Å². The maximum Gasteiger partial charge on any atom is 0.377 e. The van der Waals surface area contributed by atoms with Gasteiger partial charge in [0.15, 0.2) is 18.1 Å². The van der Waals surface area contributed by atoms with Crippen molar-refractivity contribution in [3.05, 3.63) is 71.7 Å². The highest BCUT2D eigenvalue weighted by Crippen LogP contribution is 2.21. The maximum absolute atomic E-state index is 11.8. The Morgan fingerprint density at radius 2 is 2.00 bits per heavy atom. The van der Waals surface area contributed by atoms with Gasteiger partial charge in [-0.3, -0.25) is 4.79 Å². The van der Waals surface area contributed by atoms with Crippen molar-refractivity contribution in [2.75, 3.05) is 32.1 Å². The number of ether oxygens (including phenoxy) is 2. The van der Waals surface area contributed by atoms with Crippen LogP contribution in [0.25, 0.3) is 6.08 Å². The lowest BCUT2D eigenvalue weighted by molar-refractivity contribution is -0.451. The van der Waals surface area contributed by atoms with Crippen LogP contribution in [0.2, 0.25) is 0 Å². The average Bonchev–Trinajstić information content (AvgIpc) is 3.09. The molecule has 1 aromatic carbocycles. The van der Waals surface area contributed by atoms with Gasteiger partial charge in [-0.1, -0.05) is 36.9 Å². The van der Waals surface area contributed by atoms with Gasteiger partial charge in [0.05, 0.1) is 6.42 Å². The van der Waals surface area contributed by atoms with Gasteiger partial charge in [0, 0.05) is 32.3 Å². The quantitative estimate of drug-likeness (QED) is 0.154. The van der Waals surface area contributed by atoms with Crippen molar-refractivity contribution < 1.29 is 39.4 Å². The first-order valence-electron chi connectivity index (χ1n) is 10.7. The van der Waals surface area contributed by atoms with Gasteiger partial charge in [0.25, 0.3) is 0 Å². The van der Waals surface area contributed by atoms with E-state index in [1.807, 2.05) is 61.5 Å². The van der Waals surface area contributed by atoms with Crippen LogP contribution in [0.15, 0.2) is 66.2 Å². The molecule has 2 unspecified atom stereocenters. The molecule has 0 saturated heterocycles. The number of hydrogen-bond donors (Lipinski definition) is 4. The van der Waals surface area contributed by atoms with E-state index in [0.29, 0.717) is 13.0 Å². The first-order valence-corrected chi connectivity index (χ1v) is 10.7. The first kappa shape index (κ1) is 26.4. The third-order valence-electron chi connectivity index (χ3n) is 4.91. The minimum Gasteiger partial charge on any atom is -0.505 e. The largest absolute Gasteiger partial charge is 0.505 e. The number of nitrogens with one attached hydrogen (secondary N) is 1. The van der Waals surface area contributed by atoms with Crippen molar-refractivity contribution in [1.82, 2.24) is 0 Å². The first-order chi connectivity index (χ1) is 16.2. The van der Waals surface area contributed by atoms with Crippen LogP contribution in [-0.4, -0.2) is 72.9 Å². The molecule has 0 amide bonds. The van der Waals surface area contributed by atoms with Crippen LogP contribution in [0, 0.1) is 0 Å². The molecule has 0 radical (unpaired) electrons. The number of carbonyl (C=O) groups is 2. The van der Waals surface area contributed by atoms with E-state index >= 15 is 0 Å². The molecule has 1 aromatic rings. The summed E-state index contributed by atoms with van der Waals surface area (Å²) >= 11 is 0. The van der Waals surface area contributed by atoms with Crippen LogP contribution >= 0.6 is 0 Å². The van der Waals surface area contributed by atoms with Crippen molar-refractivity contribution in [2.45, 2.75) is 25.0 Å². The van der Waals surface area contributed by atoms with E-state index in [4.69, 9.17) is 4.74 Å². The summed E-state index contributed by atoms with van der Waals surface area (Å²) in [6.45, 7) is 3.85. The number of hydrogen-bond acceptors (Lipinski definition) is 8. The van der Waals surface area contributed by atoms with Crippen LogP contribution in [0.4, 0.5) is 5.69 Å². The van der Waals surface area contributed by atoms with Crippen LogP contribution in [0.5, 0.6) is 0 Å². The number of anilines is 1. The summed E-state index contributed by atoms with van der Waals surface area (Å²) in [5.74, 6) is -3.43. The molecule has 2 atom stereocenters. The van der Waals surface area contributed by atoms with E-state index in [-0.39, 0.29) is 6.42 Å². The minimum absolute atomic E-state index is 0.103. The molecule has 4 N–H and O–H groups in total. The topological polar surface area (TPSA) is 131 Å². The Balaban J connectivity index is 1.70. The zero-order valence-electron chi connectivity index (χ0n) is 19.3. The Morgan fingerprint density at radius 1 is 1.29 bits per heavy atom. The molecule has 0 aliphatic carbocycles. The number of allylic oxidation sites excluding steroid dienone is 4. The number of rotatable bonds is 12. The molecule has 0 bridgehead atoms. The van der Waals surface area contributed by atoms with Crippen molar-refractivity contribution in [3.63, 3.8) is 0 Å². The summed E-state index contributed by atoms with van der Waals surface area (Å²) in [5, 5.41) is 28.6. The van der Waals surface area contributed by atoms with E-state index < -0.39 is 42.3 Å². The average molecular weight is 472 g/mol. The van der Waals surface area contributed by atoms with Gasteiger partial charge in [0.1, 0.15) is 19.3 Å². The summed E-state index contributed by atoms with van der Waals surface area (Å²) < 4.78 is 9.52. The fraction of sp³-hybridized carbons (Fsp3) is 0.320. The third kappa shape index (κ3) is 7.93. The van der Waals surface area contributed by atoms with Crippen molar-refractivity contribution >= 4 is 29.9 Å². The number of benzene rings is 1. The molecule has 0 spiro atoms. The van der Waals surface area contributed by atoms with E-state index in [1.165, 1.54) is 0 Å². The zero-order valence-corrected chi connectivity index (χ0v) is 19.3. The molecule has 0 fully saturated rings. The highest BCUT2D eigenvalue weighted by Gasteiger charge is 2.39. The highest BCUT2D eigenvalue weighted by atomic mass is 16.6. The fourth-order valence-corrected chi connectivity index (χ4v) is 2.91. The molecular weight excluding hydrogens is 440 g/mol. The standard InChI is InChI=1S/C25H30N2O7/c1-4-17(7-8-18-9-11-19(12-10-18)27(2)3)13-15-26-14-5-6-21(29)33-16-20(28)24-22(30)23(31)25(32)34-24/h4,7-13,15,20,24,28,30-31H,1,5-6,14,16H2,2-3H3/p+1/b8-7+,17-13+,26-15?. The van der Waals surface area contributed by atoms with E-state index in [0.717, 1.165) is 16.8 Å². The van der Waals surface area contributed by atoms with Gasteiger partial charge in [-0.15, -0.1) is 0 Å². The zero-order chi connectivity index (χ0) is 25.1. The molecule has 0 aromatic heterocycles. The summed E-state index contributed by atoms with van der Waals surface area (Å²) in [5.41, 5.74) is 3.11. The predicted molar refractivity (Wildman–Crippen MR) is 128 cm³/mol. The SMILES string of the molecule is C=CC(/C=C/c1ccc(N(C)C)cc1)=C\C=[NH+]CCCC(=O)OCC(O)C1OC(=O)C(O)=C1O. The van der Waals surface area contributed by atoms with Crippen molar-refractivity contribution in [1.29, 1.82) is 0 Å². The van der Waals surface area contributed by atoms with Crippen LogP contribution < -0.4 is 9.89 Å². The molecule has 1 aliphatic rings. The summed E-state index contributed by atoms with van der Waals surface area (Å²) in [4.78, 5) is 28.0. The van der Waals surface area contributed by atoms with E-state index in [9.17, 15) is 24.9 Å². The van der Waals surface area contributed by atoms with Crippen molar-refractivity contribution in [2.24, 2.45) is 0 Å². The number of nitrogens with zero attached hydrogens (tertiary/aromatic N) is 1. The van der Waals surface area contributed by atoms with E-state index in [1.54, 1.807) is 12.3 Å². The molecule has 2 rings (SSSR count). The predicted octanol–water partition coefficient (Wildman–Crippen LogP) is 0.967. The number of aliphatic hydroxyl groups excluding tert-OH is 3.